The zero-order valence-corrected chi connectivity index (χ0v) is 11.7. The quantitative estimate of drug-likeness (QED) is 0.648. The van der Waals surface area contributed by atoms with Gasteiger partial charge in [-0.25, -0.2) is 0 Å². The van der Waals surface area contributed by atoms with E-state index in [0.717, 1.165) is 16.8 Å². The number of hydrogen-bond donors (Lipinski definition) is 1. The number of likely N-dealkylation sites (N-methyl/N-ethyl adjacent to an activating group) is 1. The van der Waals surface area contributed by atoms with E-state index < -0.39 is 0 Å². The first kappa shape index (κ1) is 14.9. The molecule has 0 aliphatic heterocycles. The maximum atomic E-state index is 11.8. The summed E-state index contributed by atoms with van der Waals surface area (Å²) in [5, 5.41) is 6.47. The van der Waals surface area contributed by atoms with E-state index in [4.69, 9.17) is 4.84 Å². The van der Waals surface area contributed by atoms with Gasteiger partial charge >= 0.3 is 0 Å². The first-order chi connectivity index (χ1) is 9.10. The molecule has 5 heteroatoms. The Morgan fingerprint density at radius 1 is 1.32 bits per heavy atom. The Bertz CT molecular complexity index is 503. The second-order valence-corrected chi connectivity index (χ2v) is 4.12. The molecular weight excluding hydrogens is 242 g/mol. The van der Waals surface area contributed by atoms with Crippen LogP contribution in [0, 0.1) is 0 Å². The van der Waals surface area contributed by atoms with Crippen LogP contribution in [-0.4, -0.2) is 31.4 Å². The summed E-state index contributed by atoms with van der Waals surface area (Å²) < 4.78 is 0. The highest BCUT2D eigenvalue weighted by Crippen LogP contribution is 2.12. The fourth-order valence-electron chi connectivity index (χ4n) is 1.57. The molecule has 19 heavy (non-hydrogen) atoms. The van der Waals surface area contributed by atoms with Crippen LogP contribution in [0.2, 0.25) is 0 Å². The fourth-order valence-corrected chi connectivity index (χ4v) is 1.57. The number of carbonyl (C=O) groups excluding carboxylic acids is 1. The number of benzene rings is 1. The predicted molar refractivity (Wildman–Crippen MR) is 76.5 cm³/mol. The van der Waals surface area contributed by atoms with E-state index >= 15 is 0 Å². The van der Waals surface area contributed by atoms with Gasteiger partial charge < -0.3 is 10.2 Å². The lowest BCUT2D eigenvalue weighted by Crippen LogP contribution is -2.29. The Labute approximate surface area is 113 Å². The summed E-state index contributed by atoms with van der Waals surface area (Å²) in [5.41, 5.74) is 2.86. The van der Waals surface area contributed by atoms with Crippen molar-refractivity contribution >= 4 is 17.3 Å². The van der Waals surface area contributed by atoms with Gasteiger partial charge in [-0.3, -0.25) is 9.79 Å². The van der Waals surface area contributed by atoms with Crippen molar-refractivity contribution in [3.05, 3.63) is 35.4 Å². The number of aliphatic imine (C=N–C) groups is 1. The molecule has 0 fully saturated rings. The maximum Gasteiger partial charge on any atom is 0.269 e. The van der Waals surface area contributed by atoms with E-state index in [1.54, 1.807) is 14.1 Å². The summed E-state index contributed by atoms with van der Waals surface area (Å²) in [4.78, 5) is 21.0. The lowest BCUT2D eigenvalue weighted by atomic mass is 10.0. The minimum atomic E-state index is -0.217. The summed E-state index contributed by atoms with van der Waals surface area (Å²) in [6.45, 7) is 4.02. The predicted octanol–water partition coefficient (Wildman–Crippen LogP) is 1.76. The Balaban J connectivity index is 3.01. The molecule has 0 bridgehead atoms. The van der Waals surface area contributed by atoms with Crippen LogP contribution < -0.4 is 5.32 Å². The fraction of sp³-hybridized carbons (Fsp3) is 0.357. The molecule has 1 aromatic carbocycles. The minimum Gasteiger partial charge on any atom is -0.391 e. The van der Waals surface area contributed by atoms with Crippen molar-refractivity contribution in [1.29, 1.82) is 0 Å². The molecule has 0 aromatic heterocycles. The third-order valence-electron chi connectivity index (χ3n) is 2.41. The van der Waals surface area contributed by atoms with Crippen molar-refractivity contribution in [3.63, 3.8) is 0 Å². The van der Waals surface area contributed by atoms with Crippen LogP contribution in [0.1, 0.15) is 25.0 Å². The van der Waals surface area contributed by atoms with Crippen LogP contribution >= 0.6 is 0 Å². The molecular formula is C14H19N3O2. The smallest absolute Gasteiger partial charge is 0.269 e. The van der Waals surface area contributed by atoms with E-state index in [-0.39, 0.29) is 5.91 Å². The molecule has 0 aliphatic carbocycles. The molecule has 0 atom stereocenters. The van der Waals surface area contributed by atoms with Crippen molar-refractivity contribution in [2.75, 3.05) is 14.1 Å². The average Bonchev–Trinajstić information content (AvgIpc) is 2.40. The summed E-state index contributed by atoms with van der Waals surface area (Å²) in [6.07, 6.45) is 0. The zero-order chi connectivity index (χ0) is 14.3. The average molecular weight is 261 g/mol. The number of oxime groups is 1. The van der Waals surface area contributed by atoms with Crippen LogP contribution in [-0.2, 0) is 16.2 Å². The molecule has 0 heterocycles. The second kappa shape index (κ2) is 7.31. The highest BCUT2D eigenvalue weighted by molar-refractivity contribution is 6.45. The third-order valence-corrected chi connectivity index (χ3v) is 2.41. The number of rotatable bonds is 5. The van der Waals surface area contributed by atoms with Gasteiger partial charge in [-0.15, -0.1) is 0 Å². The molecule has 0 spiro atoms. The molecule has 0 unspecified atom stereocenters. The molecule has 1 rings (SSSR count). The molecule has 0 radical (unpaired) electrons. The minimum absolute atomic E-state index is 0.217. The van der Waals surface area contributed by atoms with Crippen molar-refractivity contribution < 1.29 is 9.63 Å². The monoisotopic (exact) mass is 261 g/mol. The van der Waals surface area contributed by atoms with Crippen LogP contribution in [0.25, 0.3) is 0 Å². The molecule has 1 amide bonds. The molecule has 1 N–H and O–H groups in total. The van der Waals surface area contributed by atoms with Gasteiger partial charge in [0.1, 0.15) is 12.3 Å². The van der Waals surface area contributed by atoms with Gasteiger partial charge in [-0.2, -0.15) is 0 Å². The van der Waals surface area contributed by atoms with Gasteiger partial charge in [0.05, 0.1) is 5.71 Å². The van der Waals surface area contributed by atoms with Gasteiger partial charge in [0.15, 0.2) is 0 Å². The second-order valence-electron chi connectivity index (χ2n) is 4.12. The zero-order valence-electron chi connectivity index (χ0n) is 11.7. The molecule has 102 valence electrons. The number of amides is 1. The highest BCUT2D eigenvalue weighted by atomic mass is 16.6. The third kappa shape index (κ3) is 4.21. The molecule has 0 saturated heterocycles. The number of nitrogens with one attached hydrogen (secondary N) is 1. The lowest BCUT2D eigenvalue weighted by Gasteiger charge is -2.10. The molecule has 5 nitrogen and oxygen atoms in total. The molecule has 0 aliphatic rings. The summed E-state index contributed by atoms with van der Waals surface area (Å²) in [6, 6.07) is 7.49. The number of carbonyl (C=O) groups is 1. The van der Waals surface area contributed by atoms with Crippen molar-refractivity contribution in [1.82, 2.24) is 5.32 Å². The van der Waals surface area contributed by atoms with Crippen molar-refractivity contribution in [3.8, 4) is 0 Å². The van der Waals surface area contributed by atoms with E-state index in [9.17, 15) is 4.79 Å². The van der Waals surface area contributed by atoms with Gasteiger partial charge in [0.25, 0.3) is 5.91 Å². The van der Waals surface area contributed by atoms with Crippen LogP contribution in [0.5, 0.6) is 0 Å². The van der Waals surface area contributed by atoms with Crippen LogP contribution in [0.15, 0.2) is 34.4 Å². The summed E-state index contributed by atoms with van der Waals surface area (Å²) in [7, 11) is 3.17. The maximum absolute atomic E-state index is 11.8. The number of nitrogens with zero attached hydrogens (tertiary/aromatic N) is 2. The highest BCUT2D eigenvalue weighted by Gasteiger charge is 2.15. The standard InChI is InChI=1S/C14H19N3O2/c1-10(2)17-19-9-11-7-5-6-8-12(11)13(15-3)14(18)16-4/h5-8H,9H2,1-4H3,(H,16,18). The molecule has 1 aromatic rings. The van der Waals surface area contributed by atoms with Crippen LogP contribution in [0.4, 0.5) is 0 Å². The van der Waals surface area contributed by atoms with Gasteiger partial charge in [-0.1, -0.05) is 29.4 Å². The van der Waals surface area contributed by atoms with E-state index in [1.807, 2.05) is 38.1 Å². The lowest BCUT2D eigenvalue weighted by molar-refractivity contribution is -0.114. The van der Waals surface area contributed by atoms with Gasteiger partial charge in [0, 0.05) is 25.2 Å². The number of hydrogen-bond acceptors (Lipinski definition) is 4. The normalized spacial score (nSPS) is 10.8. The molecule has 0 saturated carbocycles. The SMILES string of the molecule is CN=C(C(=O)NC)c1ccccc1CON=C(C)C. The largest absolute Gasteiger partial charge is 0.391 e. The topological polar surface area (TPSA) is 63.0 Å². The van der Waals surface area contributed by atoms with E-state index in [0.29, 0.717) is 12.3 Å². The Kier molecular flexibility index (Phi) is 5.73. The first-order valence-electron chi connectivity index (χ1n) is 6.00. The van der Waals surface area contributed by atoms with Crippen LogP contribution in [0.3, 0.4) is 0 Å². The van der Waals surface area contributed by atoms with Gasteiger partial charge in [0.2, 0.25) is 0 Å². The summed E-state index contributed by atoms with van der Waals surface area (Å²) >= 11 is 0. The Hall–Kier alpha value is -2.17. The Morgan fingerprint density at radius 3 is 2.58 bits per heavy atom. The Morgan fingerprint density at radius 2 is 2.00 bits per heavy atom. The van der Waals surface area contributed by atoms with Crippen molar-refractivity contribution in [2.45, 2.75) is 20.5 Å². The van der Waals surface area contributed by atoms with E-state index in [2.05, 4.69) is 15.5 Å². The van der Waals surface area contributed by atoms with Crippen molar-refractivity contribution in [2.24, 2.45) is 10.1 Å². The summed E-state index contributed by atoms with van der Waals surface area (Å²) in [5.74, 6) is -0.217. The first-order valence-corrected chi connectivity index (χ1v) is 6.00. The van der Waals surface area contributed by atoms with Gasteiger partial charge in [-0.05, 0) is 13.8 Å². The van der Waals surface area contributed by atoms with E-state index in [1.165, 1.54) is 0 Å².